The average Bonchev–Trinajstić information content (AvgIpc) is 2.84. The SMILES string of the molecule is CCCN1CCOC(CNC)C1c1cscn1. The van der Waals surface area contributed by atoms with Crippen LogP contribution in [-0.4, -0.2) is 49.3 Å². The van der Waals surface area contributed by atoms with Gasteiger partial charge in [-0.1, -0.05) is 6.92 Å². The summed E-state index contributed by atoms with van der Waals surface area (Å²) < 4.78 is 5.89. The quantitative estimate of drug-likeness (QED) is 0.865. The van der Waals surface area contributed by atoms with E-state index in [1.165, 1.54) is 6.42 Å². The highest BCUT2D eigenvalue weighted by Gasteiger charge is 2.33. The Labute approximate surface area is 107 Å². The Kier molecular flexibility index (Phi) is 4.91. The molecule has 2 rings (SSSR count). The smallest absolute Gasteiger partial charge is 0.0912 e. The molecule has 0 radical (unpaired) electrons. The summed E-state index contributed by atoms with van der Waals surface area (Å²) in [6, 6.07) is 0.308. The number of hydrogen-bond donors (Lipinski definition) is 1. The van der Waals surface area contributed by atoms with Gasteiger partial charge in [0.05, 0.1) is 30.0 Å². The van der Waals surface area contributed by atoms with Crippen molar-refractivity contribution in [2.45, 2.75) is 25.5 Å². The van der Waals surface area contributed by atoms with Crippen LogP contribution in [0, 0.1) is 0 Å². The van der Waals surface area contributed by atoms with Crippen LogP contribution in [0.2, 0.25) is 0 Å². The Hall–Kier alpha value is -0.490. The van der Waals surface area contributed by atoms with Gasteiger partial charge >= 0.3 is 0 Å². The highest BCUT2D eigenvalue weighted by molar-refractivity contribution is 7.07. The minimum atomic E-state index is 0.211. The van der Waals surface area contributed by atoms with Gasteiger partial charge < -0.3 is 10.1 Å². The summed E-state index contributed by atoms with van der Waals surface area (Å²) in [5.74, 6) is 0. The fourth-order valence-electron chi connectivity index (χ4n) is 2.44. The lowest BCUT2D eigenvalue weighted by Gasteiger charge is -2.40. The largest absolute Gasteiger partial charge is 0.374 e. The lowest BCUT2D eigenvalue weighted by Crippen LogP contribution is -2.49. The van der Waals surface area contributed by atoms with E-state index in [0.717, 1.165) is 31.9 Å². The van der Waals surface area contributed by atoms with Crippen LogP contribution in [0.1, 0.15) is 25.1 Å². The van der Waals surface area contributed by atoms with Gasteiger partial charge in [0.2, 0.25) is 0 Å². The molecule has 0 bridgehead atoms. The van der Waals surface area contributed by atoms with Gasteiger partial charge in [-0.2, -0.15) is 0 Å². The number of thiazole rings is 1. The molecule has 4 nitrogen and oxygen atoms in total. The van der Waals surface area contributed by atoms with E-state index in [-0.39, 0.29) is 6.10 Å². The van der Waals surface area contributed by atoms with Crippen LogP contribution < -0.4 is 5.32 Å². The van der Waals surface area contributed by atoms with Gasteiger partial charge in [0.1, 0.15) is 0 Å². The Morgan fingerprint density at radius 1 is 1.65 bits per heavy atom. The molecule has 5 heteroatoms. The zero-order valence-corrected chi connectivity index (χ0v) is 11.4. The Morgan fingerprint density at radius 2 is 2.53 bits per heavy atom. The molecular weight excluding hydrogens is 234 g/mol. The third-order valence-electron chi connectivity index (χ3n) is 3.13. The lowest BCUT2D eigenvalue weighted by atomic mass is 10.0. The number of likely N-dealkylation sites (N-methyl/N-ethyl adjacent to an activating group) is 1. The molecule has 1 aliphatic heterocycles. The summed E-state index contributed by atoms with van der Waals surface area (Å²) in [6.45, 7) is 6.05. The first-order valence-corrected chi connectivity index (χ1v) is 7.19. The van der Waals surface area contributed by atoms with Gasteiger partial charge in [-0.3, -0.25) is 4.90 Å². The summed E-state index contributed by atoms with van der Waals surface area (Å²) in [5.41, 5.74) is 3.06. The molecule has 1 N–H and O–H groups in total. The van der Waals surface area contributed by atoms with Gasteiger partial charge in [0.25, 0.3) is 0 Å². The van der Waals surface area contributed by atoms with Crippen molar-refractivity contribution in [3.8, 4) is 0 Å². The van der Waals surface area contributed by atoms with E-state index in [0.29, 0.717) is 6.04 Å². The van der Waals surface area contributed by atoms with Gasteiger partial charge in [-0.15, -0.1) is 11.3 Å². The van der Waals surface area contributed by atoms with Crippen molar-refractivity contribution >= 4 is 11.3 Å². The zero-order valence-electron chi connectivity index (χ0n) is 10.6. The predicted octanol–water partition coefficient (Wildman–Crippen LogP) is 1.51. The van der Waals surface area contributed by atoms with Gasteiger partial charge in [-0.05, 0) is 20.0 Å². The van der Waals surface area contributed by atoms with Crippen molar-refractivity contribution in [2.75, 3.05) is 33.3 Å². The van der Waals surface area contributed by atoms with E-state index in [1.807, 2.05) is 12.6 Å². The first kappa shape index (κ1) is 13.0. The first-order chi connectivity index (χ1) is 8.36. The maximum absolute atomic E-state index is 5.89. The summed E-state index contributed by atoms with van der Waals surface area (Å²) in [6.07, 6.45) is 1.38. The van der Waals surface area contributed by atoms with Crippen LogP contribution in [0.15, 0.2) is 10.9 Å². The first-order valence-electron chi connectivity index (χ1n) is 6.25. The van der Waals surface area contributed by atoms with Crippen LogP contribution in [0.3, 0.4) is 0 Å². The normalized spacial score (nSPS) is 26.2. The van der Waals surface area contributed by atoms with E-state index in [4.69, 9.17) is 4.74 Å². The van der Waals surface area contributed by atoms with Crippen molar-refractivity contribution in [2.24, 2.45) is 0 Å². The van der Waals surface area contributed by atoms with Crippen LogP contribution in [0.25, 0.3) is 0 Å². The maximum Gasteiger partial charge on any atom is 0.0912 e. The number of morpholine rings is 1. The van der Waals surface area contributed by atoms with Gasteiger partial charge in [-0.25, -0.2) is 4.98 Å². The molecule has 0 amide bonds. The standard InChI is InChI=1S/C12H21N3OS/c1-3-4-15-5-6-16-11(7-13-2)12(15)10-8-17-9-14-10/h8-9,11-13H,3-7H2,1-2H3. The van der Waals surface area contributed by atoms with Crippen molar-refractivity contribution < 1.29 is 4.74 Å². The fourth-order valence-corrected chi connectivity index (χ4v) is 3.03. The molecule has 0 spiro atoms. The van der Waals surface area contributed by atoms with Crippen molar-refractivity contribution in [1.82, 2.24) is 15.2 Å². The molecule has 2 atom stereocenters. The molecule has 0 aromatic carbocycles. The van der Waals surface area contributed by atoms with Gasteiger partial charge in [0, 0.05) is 18.5 Å². The number of nitrogens with zero attached hydrogens (tertiary/aromatic N) is 2. The van der Waals surface area contributed by atoms with Crippen molar-refractivity contribution in [1.29, 1.82) is 0 Å². The van der Waals surface area contributed by atoms with E-state index in [9.17, 15) is 0 Å². The summed E-state index contributed by atoms with van der Waals surface area (Å²) in [7, 11) is 1.97. The molecule has 1 saturated heterocycles. The molecule has 2 unspecified atom stereocenters. The molecule has 17 heavy (non-hydrogen) atoms. The highest BCUT2D eigenvalue weighted by atomic mass is 32.1. The molecule has 1 aliphatic rings. The van der Waals surface area contributed by atoms with E-state index >= 15 is 0 Å². The minimum Gasteiger partial charge on any atom is -0.374 e. The lowest BCUT2D eigenvalue weighted by molar-refractivity contribution is -0.0715. The van der Waals surface area contributed by atoms with Gasteiger partial charge in [0.15, 0.2) is 0 Å². The summed E-state index contributed by atoms with van der Waals surface area (Å²) in [4.78, 5) is 6.97. The van der Waals surface area contributed by atoms with Crippen LogP contribution in [0.4, 0.5) is 0 Å². The molecule has 1 aromatic rings. The van der Waals surface area contributed by atoms with Crippen LogP contribution in [0.5, 0.6) is 0 Å². The van der Waals surface area contributed by atoms with Crippen LogP contribution >= 0.6 is 11.3 Å². The van der Waals surface area contributed by atoms with Crippen LogP contribution in [-0.2, 0) is 4.74 Å². The van der Waals surface area contributed by atoms with E-state index in [1.54, 1.807) is 11.3 Å². The summed E-state index contributed by atoms with van der Waals surface area (Å²) >= 11 is 1.66. The van der Waals surface area contributed by atoms with E-state index < -0.39 is 0 Å². The fraction of sp³-hybridized carbons (Fsp3) is 0.750. The molecule has 0 saturated carbocycles. The summed E-state index contributed by atoms with van der Waals surface area (Å²) in [5, 5.41) is 5.36. The Bertz CT molecular complexity index is 300. The third-order valence-corrected chi connectivity index (χ3v) is 3.73. The second-order valence-corrected chi connectivity index (χ2v) is 5.08. The molecule has 2 heterocycles. The van der Waals surface area contributed by atoms with Crippen molar-refractivity contribution in [3.05, 3.63) is 16.6 Å². The Morgan fingerprint density at radius 3 is 3.18 bits per heavy atom. The molecule has 1 fully saturated rings. The topological polar surface area (TPSA) is 37.4 Å². The number of rotatable bonds is 5. The maximum atomic E-state index is 5.89. The zero-order chi connectivity index (χ0) is 12.1. The van der Waals surface area contributed by atoms with E-state index in [2.05, 4.69) is 27.5 Å². The average molecular weight is 255 g/mol. The molecule has 1 aromatic heterocycles. The van der Waals surface area contributed by atoms with Crippen molar-refractivity contribution in [3.63, 3.8) is 0 Å². The minimum absolute atomic E-state index is 0.211. The second kappa shape index (κ2) is 6.44. The number of hydrogen-bond acceptors (Lipinski definition) is 5. The monoisotopic (exact) mass is 255 g/mol. The second-order valence-electron chi connectivity index (χ2n) is 4.36. The highest BCUT2D eigenvalue weighted by Crippen LogP contribution is 2.29. The molecule has 0 aliphatic carbocycles. The Balaban J connectivity index is 2.15. The molecule has 96 valence electrons. The number of ether oxygens (including phenoxy) is 1. The molecular formula is C12H21N3OS. The number of aromatic nitrogens is 1. The number of nitrogens with one attached hydrogen (secondary N) is 1. The predicted molar refractivity (Wildman–Crippen MR) is 70.4 cm³/mol. The third kappa shape index (κ3) is 3.04.